The van der Waals surface area contributed by atoms with E-state index in [2.05, 4.69) is 47.9 Å². The smallest absolute Gasteiger partial charge is 0.381 e. The number of nitriles is 1. The van der Waals surface area contributed by atoms with Crippen molar-refractivity contribution in [2.45, 2.75) is 58.4 Å². The van der Waals surface area contributed by atoms with Crippen molar-refractivity contribution < 1.29 is 32.3 Å². The molecule has 39 heavy (non-hydrogen) atoms. The van der Waals surface area contributed by atoms with Gasteiger partial charge in [0.1, 0.15) is 0 Å². The highest BCUT2D eigenvalue weighted by Crippen LogP contribution is 2.39. The van der Waals surface area contributed by atoms with Gasteiger partial charge in [-0.2, -0.15) is 18.4 Å². The fourth-order valence-corrected chi connectivity index (χ4v) is 4.34. The molecule has 1 fully saturated rings. The summed E-state index contributed by atoms with van der Waals surface area (Å²) in [5.74, 6) is -1.45. The molecule has 0 spiro atoms. The van der Waals surface area contributed by atoms with Crippen LogP contribution in [0, 0.1) is 22.7 Å². The molecule has 0 saturated carbocycles. The van der Waals surface area contributed by atoms with E-state index in [0.717, 1.165) is 35.0 Å². The molecule has 0 radical (unpaired) electrons. The summed E-state index contributed by atoms with van der Waals surface area (Å²) < 4.78 is 37.2. The summed E-state index contributed by atoms with van der Waals surface area (Å²) in [6.07, 6.45) is 3.45. The number of methoxy groups -OCH3 is 1. The lowest BCUT2D eigenvalue weighted by atomic mass is 9.84. The minimum atomic E-state index is -4.86. The lowest BCUT2D eigenvalue weighted by Crippen LogP contribution is -2.40. The molecule has 10 nitrogen and oxygen atoms in total. The Morgan fingerprint density at radius 3 is 2.36 bits per heavy atom. The summed E-state index contributed by atoms with van der Waals surface area (Å²) in [4.78, 5) is 41.9. The van der Waals surface area contributed by atoms with Gasteiger partial charge in [0.15, 0.2) is 5.54 Å². The van der Waals surface area contributed by atoms with Crippen LogP contribution >= 0.6 is 0 Å². The Labute approximate surface area is 224 Å². The number of halogens is 3. The summed E-state index contributed by atoms with van der Waals surface area (Å²) in [6.45, 7) is 10.4. The van der Waals surface area contributed by atoms with Gasteiger partial charge in [0.25, 0.3) is 0 Å². The van der Waals surface area contributed by atoms with Gasteiger partial charge in [-0.25, -0.2) is 0 Å². The van der Waals surface area contributed by atoms with Crippen LogP contribution < -0.4 is 11.1 Å². The zero-order valence-corrected chi connectivity index (χ0v) is 22.5. The number of carbonyl (C=O) groups is 3. The SMILES string of the molecule is CO[C@H](C)CC(=O)N1CC(C)C(C)(C)C1.N#CC1(NC=O)Cc2cncc3cncc1c23.NC(=O)C(F)(F)F. The van der Waals surface area contributed by atoms with Crippen LogP contribution in [-0.2, 0) is 31.1 Å². The first-order valence-electron chi connectivity index (χ1n) is 12.1. The predicted octanol–water partition coefficient (Wildman–Crippen LogP) is 2.60. The predicted molar refractivity (Wildman–Crippen MR) is 136 cm³/mol. The number of nitrogens with two attached hydrogens (primary N) is 1. The van der Waals surface area contributed by atoms with Crippen molar-refractivity contribution in [2.75, 3.05) is 20.2 Å². The highest BCUT2D eigenvalue weighted by atomic mass is 19.4. The maximum atomic E-state index is 11.9. The van der Waals surface area contributed by atoms with Gasteiger partial charge >= 0.3 is 12.1 Å². The van der Waals surface area contributed by atoms with Gasteiger partial charge in [0, 0.05) is 62.4 Å². The van der Waals surface area contributed by atoms with Crippen LogP contribution in [0.3, 0.4) is 0 Å². The minimum Gasteiger partial charge on any atom is -0.381 e. The molecular formula is C26H33F3N6O4. The Hall–Kier alpha value is -3.79. The van der Waals surface area contributed by atoms with E-state index in [0.29, 0.717) is 25.2 Å². The number of hydrogen-bond acceptors (Lipinski definition) is 7. The summed E-state index contributed by atoms with van der Waals surface area (Å²) in [5, 5.41) is 13.8. The molecule has 3 amide bonds. The first kappa shape index (κ1) is 31.4. The Morgan fingerprint density at radius 1 is 1.31 bits per heavy atom. The van der Waals surface area contributed by atoms with Crippen LogP contribution in [0.2, 0.25) is 0 Å². The van der Waals surface area contributed by atoms with Crippen LogP contribution in [-0.4, -0.2) is 65.6 Å². The lowest BCUT2D eigenvalue weighted by Gasteiger charge is -2.22. The van der Waals surface area contributed by atoms with Crippen molar-refractivity contribution in [3.63, 3.8) is 0 Å². The molecule has 1 aliphatic carbocycles. The highest BCUT2D eigenvalue weighted by molar-refractivity contribution is 5.91. The third kappa shape index (κ3) is 7.41. The molecule has 2 aliphatic rings. The van der Waals surface area contributed by atoms with E-state index in [1.54, 1.807) is 31.9 Å². The van der Waals surface area contributed by atoms with Gasteiger partial charge in [-0.15, -0.1) is 0 Å². The monoisotopic (exact) mass is 550 g/mol. The van der Waals surface area contributed by atoms with Crippen molar-refractivity contribution in [3.8, 4) is 6.07 Å². The van der Waals surface area contributed by atoms with E-state index in [1.807, 2.05) is 11.8 Å². The number of ether oxygens (including phenoxy) is 1. The van der Waals surface area contributed by atoms with Gasteiger partial charge in [-0.3, -0.25) is 24.4 Å². The van der Waals surface area contributed by atoms with Crippen LogP contribution in [0.15, 0.2) is 24.8 Å². The molecule has 2 unspecified atom stereocenters. The molecule has 3 heterocycles. The number of primary amides is 1. The van der Waals surface area contributed by atoms with Gasteiger partial charge in [-0.1, -0.05) is 20.8 Å². The molecule has 1 aliphatic heterocycles. The summed E-state index contributed by atoms with van der Waals surface area (Å²) in [5.41, 5.74) is 4.78. The number of likely N-dealkylation sites (tertiary alicyclic amines) is 1. The van der Waals surface area contributed by atoms with E-state index in [9.17, 15) is 28.0 Å². The maximum absolute atomic E-state index is 11.9. The average molecular weight is 551 g/mol. The number of pyridine rings is 2. The van der Waals surface area contributed by atoms with Crippen molar-refractivity contribution in [1.82, 2.24) is 20.2 Å². The van der Waals surface area contributed by atoms with Crippen LogP contribution in [0.5, 0.6) is 0 Å². The van der Waals surface area contributed by atoms with Gasteiger partial charge < -0.3 is 20.7 Å². The number of aromatic nitrogens is 2. The summed E-state index contributed by atoms with van der Waals surface area (Å²) in [7, 11) is 1.65. The normalized spacial score (nSPS) is 21.5. The second-order valence-electron chi connectivity index (χ2n) is 10.3. The zero-order valence-electron chi connectivity index (χ0n) is 22.5. The number of nitrogens with one attached hydrogen (secondary N) is 1. The maximum Gasteiger partial charge on any atom is 0.470 e. The van der Waals surface area contributed by atoms with Crippen molar-refractivity contribution in [3.05, 3.63) is 35.9 Å². The number of hydrogen-bond donors (Lipinski definition) is 2. The Bertz CT molecular complexity index is 1240. The molecule has 0 bridgehead atoms. The molecule has 2 aromatic heterocycles. The minimum absolute atomic E-state index is 0.0246. The Kier molecular flexibility index (Phi) is 9.97. The number of alkyl halides is 3. The molecule has 4 rings (SSSR count). The topological polar surface area (TPSA) is 151 Å². The molecule has 2 aromatic rings. The number of amides is 3. The Morgan fingerprint density at radius 2 is 1.90 bits per heavy atom. The molecule has 212 valence electrons. The number of rotatable bonds is 5. The second-order valence-corrected chi connectivity index (χ2v) is 10.3. The van der Waals surface area contributed by atoms with E-state index >= 15 is 0 Å². The van der Waals surface area contributed by atoms with Crippen LogP contribution in [0.4, 0.5) is 13.2 Å². The van der Waals surface area contributed by atoms with Crippen molar-refractivity contribution >= 4 is 29.0 Å². The third-order valence-corrected chi connectivity index (χ3v) is 7.08. The second kappa shape index (κ2) is 12.4. The molecular weight excluding hydrogens is 517 g/mol. The first-order valence-corrected chi connectivity index (χ1v) is 12.1. The van der Waals surface area contributed by atoms with Crippen molar-refractivity contribution in [2.24, 2.45) is 17.1 Å². The summed E-state index contributed by atoms with van der Waals surface area (Å²) in [6, 6.07) is 2.18. The van der Waals surface area contributed by atoms with Gasteiger partial charge in [0.05, 0.1) is 18.6 Å². The number of carbonyl (C=O) groups excluding carboxylic acids is 3. The molecule has 13 heteroatoms. The average Bonchev–Trinajstić information content (AvgIpc) is 3.34. The van der Waals surface area contributed by atoms with Crippen LogP contribution in [0.1, 0.15) is 45.2 Å². The van der Waals surface area contributed by atoms with Gasteiger partial charge in [0.2, 0.25) is 12.3 Å². The van der Waals surface area contributed by atoms with Crippen LogP contribution in [0.25, 0.3) is 10.8 Å². The molecule has 1 saturated heterocycles. The van der Waals surface area contributed by atoms with E-state index < -0.39 is 17.6 Å². The molecule has 3 N–H and O–H groups in total. The van der Waals surface area contributed by atoms with Crippen molar-refractivity contribution in [1.29, 1.82) is 5.26 Å². The quantitative estimate of drug-likeness (QED) is 0.543. The van der Waals surface area contributed by atoms with E-state index in [4.69, 9.17) is 9.53 Å². The van der Waals surface area contributed by atoms with Gasteiger partial charge in [-0.05, 0) is 29.2 Å². The highest BCUT2D eigenvalue weighted by Gasteiger charge is 2.41. The third-order valence-electron chi connectivity index (χ3n) is 7.08. The standard InChI is InChI=1S/C12H8N4O.C12H23NO2.C2H2F3NO/c13-6-12(16-7-17)1-8-2-14-3-9-4-15-5-10(12)11(8)9;1-9-7-13(8-12(9,3)4)11(14)6-10(2)15-5;3-2(4,5)1(6)7/h2-5,7H,1H2,(H,16,17);9-10H,6-8H2,1-5H3;(H2,6,7)/t;9?,10-;/m.1./s1. The fourth-order valence-electron chi connectivity index (χ4n) is 4.34. The summed E-state index contributed by atoms with van der Waals surface area (Å²) >= 11 is 0. The number of nitrogens with zero attached hydrogens (tertiary/aromatic N) is 4. The lowest BCUT2D eigenvalue weighted by molar-refractivity contribution is -0.169. The Balaban J connectivity index is 0.000000223. The van der Waals surface area contributed by atoms with E-state index in [1.165, 1.54) is 0 Å². The molecule has 0 aromatic carbocycles. The largest absolute Gasteiger partial charge is 0.470 e. The first-order chi connectivity index (χ1) is 18.1. The zero-order chi connectivity index (χ0) is 29.6. The van der Waals surface area contributed by atoms with E-state index in [-0.39, 0.29) is 17.4 Å². The molecule has 3 atom stereocenters. The fraction of sp³-hybridized carbons (Fsp3) is 0.538.